The molecule has 0 aliphatic carbocycles. The highest BCUT2D eigenvalue weighted by Gasteiger charge is 2.26. The summed E-state index contributed by atoms with van der Waals surface area (Å²) in [5, 5.41) is 4.91. The van der Waals surface area contributed by atoms with E-state index >= 15 is 0 Å². The zero-order valence-electron chi connectivity index (χ0n) is 14.2. The van der Waals surface area contributed by atoms with Gasteiger partial charge in [0.15, 0.2) is 0 Å². The maximum atomic E-state index is 12.7. The van der Waals surface area contributed by atoms with Crippen LogP contribution in [0.2, 0.25) is 0 Å². The minimum absolute atomic E-state index is 0.146. The zero-order valence-corrected chi connectivity index (χ0v) is 15.0. The molecule has 0 fully saturated rings. The third kappa shape index (κ3) is 3.21. The van der Waals surface area contributed by atoms with Crippen molar-refractivity contribution in [2.45, 2.75) is 12.8 Å². The van der Waals surface area contributed by atoms with Gasteiger partial charge < -0.3 is 5.32 Å². The van der Waals surface area contributed by atoms with Gasteiger partial charge in [-0.3, -0.25) is 9.79 Å². The number of rotatable bonds is 2. The van der Waals surface area contributed by atoms with Crippen LogP contribution in [-0.4, -0.2) is 17.5 Å². The van der Waals surface area contributed by atoms with Crippen molar-refractivity contribution < 1.29 is 4.79 Å². The van der Waals surface area contributed by atoms with Gasteiger partial charge in [0.1, 0.15) is 5.84 Å². The Hall–Kier alpha value is -3.05. The van der Waals surface area contributed by atoms with E-state index < -0.39 is 0 Å². The van der Waals surface area contributed by atoms with Gasteiger partial charge >= 0.3 is 0 Å². The van der Waals surface area contributed by atoms with Crippen molar-refractivity contribution in [1.29, 1.82) is 0 Å². The van der Waals surface area contributed by atoms with Gasteiger partial charge in [0, 0.05) is 5.71 Å². The first-order chi connectivity index (χ1) is 12.7. The summed E-state index contributed by atoms with van der Waals surface area (Å²) in [6.07, 6.45) is 0. The van der Waals surface area contributed by atoms with Gasteiger partial charge in [0.25, 0.3) is 5.91 Å². The van der Waals surface area contributed by atoms with Crippen LogP contribution in [0.15, 0.2) is 82.1 Å². The predicted molar refractivity (Wildman–Crippen MR) is 107 cm³/mol. The van der Waals surface area contributed by atoms with Crippen molar-refractivity contribution in [1.82, 2.24) is 5.32 Å². The van der Waals surface area contributed by atoms with E-state index in [1.165, 1.54) is 11.3 Å². The Morgan fingerprint density at radius 3 is 2.31 bits per heavy atom. The van der Waals surface area contributed by atoms with Crippen molar-refractivity contribution in [3.8, 4) is 0 Å². The number of hydrogen-bond donors (Lipinski definition) is 1. The second-order valence-electron chi connectivity index (χ2n) is 6.01. The number of benzene rings is 2. The molecule has 2 heterocycles. The molecule has 128 valence electrons. The topological polar surface area (TPSA) is 53.8 Å². The summed E-state index contributed by atoms with van der Waals surface area (Å²) >= 11 is 1.41. The standard InChI is InChI=1S/C21H17N3OS/c1-14-19(15-8-3-2-4-9-15)20(24-21(25)18-12-7-13-26-18)23-17-11-6-5-10-16(17)22-14/h2-13,19H,1H3,(H,23,24,25)/t19-/m1/s1. The number of thiophene rings is 1. The molecule has 5 heteroatoms. The number of para-hydroxylation sites is 2. The molecule has 2 aromatic carbocycles. The minimum atomic E-state index is -0.201. The van der Waals surface area contributed by atoms with Crippen LogP contribution in [0.3, 0.4) is 0 Å². The SMILES string of the molecule is CC1=Nc2ccccc2N=C(NC(=O)c2cccs2)[C@H]1c1ccccc1. The Balaban J connectivity index is 1.81. The highest BCUT2D eigenvalue weighted by molar-refractivity contribution is 7.12. The first-order valence-electron chi connectivity index (χ1n) is 8.35. The molecule has 26 heavy (non-hydrogen) atoms. The highest BCUT2D eigenvalue weighted by Crippen LogP contribution is 2.34. The molecular formula is C21H17N3OS. The largest absolute Gasteiger partial charge is 0.309 e. The Bertz CT molecular complexity index is 991. The van der Waals surface area contributed by atoms with Crippen molar-refractivity contribution >= 4 is 40.2 Å². The molecule has 1 amide bonds. The normalized spacial score (nSPS) is 16.1. The lowest BCUT2D eigenvalue weighted by molar-refractivity contribution is 0.0980. The minimum Gasteiger partial charge on any atom is -0.309 e. The third-order valence-corrected chi connectivity index (χ3v) is 5.10. The Kier molecular flexibility index (Phi) is 4.46. The number of carbonyl (C=O) groups excluding carboxylic acids is 1. The van der Waals surface area contributed by atoms with Gasteiger partial charge in [-0.05, 0) is 36.1 Å². The molecule has 4 nitrogen and oxygen atoms in total. The monoisotopic (exact) mass is 359 g/mol. The first kappa shape index (κ1) is 16.4. The molecule has 1 N–H and O–H groups in total. The van der Waals surface area contributed by atoms with Crippen LogP contribution in [-0.2, 0) is 0 Å². The summed E-state index contributed by atoms with van der Waals surface area (Å²) in [5.41, 5.74) is 3.51. The fourth-order valence-corrected chi connectivity index (χ4v) is 3.65. The fraction of sp³-hybridized carbons (Fsp3) is 0.0952. The van der Waals surface area contributed by atoms with E-state index in [1.54, 1.807) is 0 Å². The van der Waals surface area contributed by atoms with Gasteiger partial charge in [-0.15, -0.1) is 11.3 Å². The summed E-state index contributed by atoms with van der Waals surface area (Å²) in [5.74, 6) is 0.250. The average molecular weight is 359 g/mol. The lowest BCUT2D eigenvalue weighted by atomic mass is 9.93. The molecule has 1 atom stereocenters. The highest BCUT2D eigenvalue weighted by atomic mass is 32.1. The van der Waals surface area contributed by atoms with Gasteiger partial charge in [0.05, 0.1) is 22.2 Å². The zero-order chi connectivity index (χ0) is 17.9. The molecule has 0 radical (unpaired) electrons. The molecule has 3 aromatic rings. The number of amidine groups is 1. The van der Waals surface area contributed by atoms with E-state index in [-0.39, 0.29) is 11.8 Å². The average Bonchev–Trinajstić information content (AvgIpc) is 3.15. The molecule has 0 spiro atoms. The van der Waals surface area contributed by atoms with Gasteiger partial charge in [0.2, 0.25) is 0 Å². The molecule has 0 bridgehead atoms. The summed E-state index contributed by atoms with van der Waals surface area (Å²) in [6, 6.07) is 21.4. The molecule has 0 saturated heterocycles. The molecule has 4 rings (SSSR count). The van der Waals surface area contributed by atoms with E-state index in [0.717, 1.165) is 22.6 Å². The summed E-state index contributed by atoms with van der Waals surface area (Å²) in [6.45, 7) is 1.98. The Labute approximate surface area is 156 Å². The number of hydrogen-bond acceptors (Lipinski definition) is 4. The molecule has 1 aliphatic rings. The molecular weight excluding hydrogens is 342 g/mol. The van der Waals surface area contributed by atoms with E-state index in [2.05, 4.69) is 5.32 Å². The summed E-state index contributed by atoms with van der Waals surface area (Å²) in [4.78, 5) is 22.9. The second-order valence-corrected chi connectivity index (χ2v) is 6.96. The van der Waals surface area contributed by atoms with E-state index in [1.807, 2.05) is 79.0 Å². The van der Waals surface area contributed by atoms with E-state index in [4.69, 9.17) is 9.98 Å². The fourth-order valence-electron chi connectivity index (χ4n) is 3.03. The van der Waals surface area contributed by atoms with Crippen molar-refractivity contribution in [3.63, 3.8) is 0 Å². The van der Waals surface area contributed by atoms with Crippen LogP contribution in [0, 0.1) is 0 Å². The maximum absolute atomic E-state index is 12.7. The van der Waals surface area contributed by atoms with E-state index in [0.29, 0.717) is 10.7 Å². The first-order valence-corrected chi connectivity index (χ1v) is 9.23. The van der Waals surface area contributed by atoms with E-state index in [9.17, 15) is 4.79 Å². The smallest absolute Gasteiger partial charge is 0.266 e. The molecule has 0 unspecified atom stereocenters. The lowest BCUT2D eigenvalue weighted by Gasteiger charge is -2.19. The van der Waals surface area contributed by atoms with Crippen LogP contribution in [0.1, 0.15) is 28.1 Å². The summed E-state index contributed by atoms with van der Waals surface area (Å²) in [7, 11) is 0. The van der Waals surface area contributed by atoms with Gasteiger partial charge in [-0.25, -0.2) is 4.99 Å². The molecule has 1 aromatic heterocycles. The number of nitrogens with one attached hydrogen (secondary N) is 1. The van der Waals surface area contributed by atoms with Crippen LogP contribution in [0.5, 0.6) is 0 Å². The van der Waals surface area contributed by atoms with Gasteiger partial charge in [-0.1, -0.05) is 48.5 Å². The second kappa shape index (κ2) is 7.06. The number of carbonyl (C=O) groups is 1. The number of nitrogens with zero attached hydrogens (tertiary/aromatic N) is 2. The van der Waals surface area contributed by atoms with Crippen molar-refractivity contribution in [2.24, 2.45) is 9.98 Å². The Morgan fingerprint density at radius 2 is 1.62 bits per heavy atom. The Morgan fingerprint density at radius 1 is 0.923 bits per heavy atom. The number of aliphatic imine (C=N–C) groups is 2. The van der Waals surface area contributed by atoms with Crippen LogP contribution in [0.4, 0.5) is 11.4 Å². The third-order valence-electron chi connectivity index (χ3n) is 4.23. The quantitative estimate of drug-likeness (QED) is 0.680. The number of fused-ring (bicyclic) bond motifs is 1. The molecule has 0 saturated carbocycles. The van der Waals surface area contributed by atoms with Crippen molar-refractivity contribution in [2.75, 3.05) is 0 Å². The lowest BCUT2D eigenvalue weighted by Crippen LogP contribution is -2.36. The maximum Gasteiger partial charge on any atom is 0.266 e. The number of amides is 1. The van der Waals surface area contributed by atoms with Crippen molar-refractivity contribution in [3.05, 3.63) is 82.6 Å². The van der Waals surface area contributed by atoms with Crippen LogP contribution >= 0.6 is 11.3 Å². The van der Waals surface area contributed by atoms with Crippen LogP contribution in [0.25, 0.3) is 0 Å². The predicted octanol–water partition coefficient (Wildman–Crippen LogP) is 5.10. The van der Waals surface area contributed by atoms with Gasteiger partial charge in [-0.2, -0.15) is 0 Å². The summed E-state index contributed by atoms with van der Waals surface area (Å²) < 4.78 is 0. The molecule has 1 aliphatic heterocycles. The van der Waals surface area contributed by atoms with Crippen LogP contribution < -0.4 is 5.32 Å².